The average Bonchev–Trinajstić information content (AvgIpc) is 3.41. The molecule has 2 amide bonds. The molecule has 0 saturated carbocycles. The highest BCUT2D eigenvalue weighted by molar-refractivity contribution is 7.88. The zero-order valence-electron chi connectivity index (χ0n) is 27.6. The highest BCUT2D eigenvalue weighted by Crippen LogP contribution is 2.37. The number of sulfonamides is 1. The number of hydrogen-bond donors (Lipinski definition) is 0. The number of likely N-dealkylation sites (tertiary alicyclic amines) is 2. The number of carbonyl (C=O) groups is 2. The Bertz CT molecular complexity index is 1250. The summed E-state index contributed by atoms with van der Waals surface area (Å²) in [6.07, 6.45) is 6.53. The minimum absolute atomic E-state index is 0.0741. The van der Waals surface area contributed by atoms with Gasteiger partial charge in [0.25, 0.3) is 0 Å². The van der Waals surface area contributed by atoms with Crippen LogP contribution >= 0.6 is 0 Å². The van der Waals surface area contributed by atoms with Crippen molar-refractivity contribution in [2.24, 2.45) is 5.92 Å². The van der Waals surface area contributed by atoms with Gasteiger partial charge in [0.2, 0.25) is 15.9 Å². The molecule has 2 atom stereocenters. The molecule has 3 aliphatic rings. The Labute approximate surface area is 268 Å². The fourth-order valence-corrected chi connectivity index (χ4v) is 8.29. The minimum Gasteiger partial charge on any atom is -0.444 e. The van der Waals surface area contributed by atoms with Crippen molar-refractivity contribution in [3.05, 3.63) is 35.4 Å². The molecule has 0 spiro atoms. The Hall–Kier alpha value is -2.31. The molecule has 254 valence electrons. The van der Waals surface area contributed by atoms with E-state index in [1.54, 1.807) is 4.90 Å². The predicted molar refractivity (Wildman–Crippen MR) is 170 cm³/mol. The number of nitrogens with zero attached hydrogens (tertiary/aromatic N) is 4. The molecule has 0 radical (unpaired) electrons. The van der Waals surface area contributed by atoms with Crippen molar-refractivity contribution in [1.82, 2.24) is 19.0 Å². The Morgan fingerprint density at radius 3 is 2.16 bits per heavy atom. The maximum absolute atomic E-state index is 14.2. The number of rotatable bonds is 10. The van der Waals surface area contributed by atoms with E-state index in [1.807, 2.05) is 32.6 Å². The lowest BCUT2D eigenvalue weighted by Gasteiger charge is -2.40. The first kappa shape index (κ1) is 35.5. The molecule has 1 aromatic carbocycles. The van der Waals surface area contributed by atoms with Crippen molar-refractivity contribution >= 4 is 22.0 Å². The van der Waals surface area contributed by atoms with E-state index in [9.17, 15) is 26.8 Å². The molecule has 0 N–H and O–H groups in total. The van der Waals surface area contributed by atoms with E-state index < -0.39 is 27.3 Å². The molecule has 3 fully saturated rings. The van der Waals surface area contributed by atoms with E-state index >= 15 is 0 Å². The standard InChI is InChI=1S/C33H52F2N4O5S/c1-6-38(31(40)23-29-8-7-14-39(29)32(41)44-33(2,3)4)28-11-15-36(16-12-28)17-13-30(25-20-26(34)22-27(35)21-25)24-9-18-37(19-10-24)45(5,42)43/h20-22,24,28-30H,6-19,23H2,1-5H3/t29?,30-/m1/s1. The molecule has 3 aliphatic heterocycles. The van der Waals surface area contributed by atoms with Crippen LogP contribution in [-0.2, 0) is 19.6 Å². The third-order valence-corrected chi connectivity index (χ3v) is 11.0. The van der Waals surface area contributed by atoms with Crippen LogP contribution in [-0.4, -0.2) is 109 Å². The molecule has 9 nitrogen and oxygen atoms in total. The Kier molecular flexibility index (Phi) is 11.9. The second-order valence-electron chi connectivity index (χ2n) is 14.0. The van der Waals surface area contributed by atoms with Gasteiger partial charge in [0.1, 0.15) is 17.2 Å². The van der Waals surface area contributed by atoms with Gasteiger partial charge in [0, 0.05) is 63.8 Å². The van der Waals surface area contributed by atoms with Crippen LogP contribution < -0.4 is 0 Å². The Morgan fingerprint density at radius 1 is 0.978 bits per heavy atom. The van der Waals surface area contributed by atoms with Gasteiger partial charge in [-0.25, -0.2) is 26.3 Å². The van der Waals surface area contributed by atoms with Gasteiger partial charge >= 0.3 is 6.09 Å². The van der Waals surface area contributed by atoms with E-state index in [0.29, 0.717) is 51.0 Å². The molecule has 45 heavy (non-hydrogen) atoms. The first-order valence-electron chi connectivity index (χ1n) is 16.6. The van der Waals surface area contributed by atoms with E-state index in [2.05, 4.69) is 4.90 Å². The number of hydrogen-bond acceptors (Lipinski definition) is 6. The molecule has 0 bridgehead atoms. The molecule has 3 saturated heterocycles. The van der Waals surface area contributed by atoms with Crippen molar-refractivity contribution < 1.29 is 31.5 Å². The smallest absolute Gasteiger partial charge is 0.410 e. The van der Waals surface area contributed by atoms with Crippen LogP contribution in [0.5, 0.6) is 0 Å². The van der Waals surface area contributed by atoms with Crippen LogP contribution in [0, 0.1) is 17.6 Å². The Balaban J connectivity index is 1.32. The molecule has 0 aliphatic carbocycles. The number of piperidine rings is 2. The number of carbonyl (C=O) groups excluding carboxylic acids is 2. The summed E-state index contributed by atoms with van der Waals surface area (Å²) in [5, 5.41) is 0. The van der Waals surface area contributed by atoms with Crippen LogP contribution in [0.2, 0.25) is 0 Å². The largest absolute Gasteiger partial charge is 0.444 e. The van der Waals surface area contributed by atoms with E-state index in [4.69, 9.17) is 4.74 Å². The van der Waals surface area contributed by atoms with Crippen LogP contribution in [0.25, 0.3) is 0 Å². The highest BCUT2D eigenvalue weighted by atomic mass is 32.2. The summed E-state index contributed by atoms with van der Waals surface area (Å²) < 4.78 is 59.6. The fourth-order valence-electron chi connectivity index (χ4n) is 7.42. The third kappa shape index (κ3) is 9.84. The molecule has 3 heterocycles. The quantitative estimate of drug-likeness (QED) is 0.344. The van der Waals surface area contributed by atoms with Crippen molar-refractivity contribution in [3.63, 3.8) is 0 Å². The van der Waals surface area contributed by atoms with Gasteiger partial charge in [0.05, 0.1) is 6.26 Å². The maximum atomic E-state index is 14.2. The monoisotopic (exact) mass is 654 g/mol. The molecule has 4 rings (SSSR count). The molecule has 12 heteroatoms. The van der Waals surface area contributed by atoms with E-state index in [0.717, 1.165) is 57.8 Å². The molecule has 1 unspecified atom stereocenters. The molecular weight excluding hydrogens is 602 g/mol. The lowest BCUT2D eigenvalue weighted by atomic mass is 9.78. The second kappa shape index (κ2) is 15.1. The van der Waals surface area contributed by atoms with Gasteiger partial charge in [-0.05, 0) is 109 Å². The maximum Gasteiger partial charge on any atom is 0.410 e. The van der Waals surface area contributed by atoms with Gasteiger partial charge in [-0.1, -0.05) is 0 Å². The van der Waals surface area contributed by atoms with Gasteiger partial charge in [0.15, 0.2) is 0 Å². The van der Waals surface area contributed by atoms with Crippen molar-refractivity contribution in [2.45, 2.75) is 103 Å². The van der Waals surface area contributed by atoms with Crippen molar-refractivity contribution in [2.75, 3.05) is 52.1 Å². The normalized spacial score (nSPS) is 22.0. The van der Waals surface area contributed by atoms with Crippen LogP contribution in [0.1, 0.15) is 90.5 Å². The number of halogens is 2. The second-order valence-corrected chi connectivity index (χ2v) is 16.0. The SMILES string of the molecule is CCN(C(=O)CC1CCCN1C(=O)OC(C)(C)C)C1CCN(CC[C@@H](c2cc(F)cc(F)c2)C2CCN(S(C)(=O)=O)CC2)CC1. The lowest BCUT2D eigenvalue weighted by Crippen LogP contribution is -2.49. The lowest BCUT2D eigenvalue weighted by molar-refractivity contribution is -0.135. The summed E-state index contributed by atoms with van der Waals surface area (Å²) in [7, 11) is -3.27. The molecule has 1 aromatic rings. The van der Waals surface area contributed by atoms with Crippen LogP contribution in [0.4, 0.5) is 13.6 Å². The topological polar surface area (TPSA) is 90.5 Å². The predicted octanol–water partition coefficient (Wildman–Crippen LogP) is 5.21. The summed E-state index contributed by atoms with van der Waals surface area (Å²) in [5.74, 6) is -1.07. The fraction of sp³-hybridized carbons (Fsp3) is 0.758. The zero-order valence-corrected chi connectivity index (χ0v) is 28.5. The van der Waals surface area contributed by atoms with E-state index in [-0.39, 0.29) is 35.9 Å². The summed E-state index contributed by atoms with van der Waals surface area (Å²) >= 11 is 0. The van der Waals surface area contributed by atoms with Gasteiger partial charge in [-0.2, -0.15) is 0 Å². The van der Waals surface area contributed by atoms with Crippen molar-refractivity contribution in [3.8, 4) is 0 Å². The van der Waals surface area contributed by atoms with E-state index in [1.165, 1.54) is 22.7 Å². The van der Waals surface area contributed by atoms with Crippen LogP contribution in [0.3, 0.4) is 0 Å². The van der Waals surface area contributed by atoms with Gasteiger partial charge in [-0.3, -0.25) is 4.79 Å². The number of benzene rings is 1. The summed E-state index contributed by atoms with van der Waals surface area (Å²) in [5.41, 5.74) is 0.0522. The Morgan fingerprint density at radius 2 is 1.60 bits per heavy atom. The number of ether oxygens (including phenoxy) is 1. The summed E-state index contributed by atoms with van der Waals surface area (Å²) in [6, 6.07) is 3.71. The summed E-state index contributed by atoms with van der Waals surface area (Å²) in [4.78, 5) is 32.3. The highest BCUT2D eigenvalue weighted by Gasteiger charge is 2.36. The van der Waals surface area contributed by atoms with Crippen molar-refractivity contribution in [1.29, 1.82) is 0 Å². The molecular formula is C33H52F2N4O5S. The van der Waals surface area contributed by atoms with Gasteiger partial charge < -0.3 is 19.4 Å². The zero-order chi connectivity index (χ0) is 32.9. The minimum atomic E-state index is -3.27. The van der Waals surface area contributed by atoms with Crippen LogP contribution in [0.15, 0.2) is 18.2 Å². The first-order chi connectivity index (χ1) is 21.1. The molecule has 0 aromatic heterocycles. The van der Waals surface area contributed by atoms with Gasteiger partial charge in [-0.15, -0.1) is 0 Å². The number of amides is 2. The third-order valence-electron chi connectivity index (χ3n) is 9.68. The summed E-state index contributed by atoms with van der Waals surface area (Å²) in [6.45, 7) is 12.0. The average molecular weight is 655 g/mol. The first-order valence-corrected chi connectivity index (χ1v) is 18.4.